The predicted molar refractivity (Wildman–Crippen MR) is 117 cm³/mol. The smallest absolute Gasteiger partial charge is 0.308 e. The molecule has 6 nitrogen and oxygen atoms in total. The normalized spacial score (nSPS) is 11.6. The minimum absolute atomic E-state index is 0.0467. The first-order chi connectivity index (χ1) is 14.0. The third-order valence-electron chi connectivity index (χ3n) is 4.57. The lowest BCUT2D eigenvalue weighted by atomic mass is 9.87. The third kappa shape index (κ3) is 7.20. The van der Waals surface area contributed by atoms with Crippen molar-refractivity contribution in [3.63, 3.8) is 0 Å². The van der Waals surface area contributed by atoms with Crippen LogP contribution >= 0.6 is 0 Å². The van der Waals surface area contributed by atoms with Crippen LogP contribution in [0.1, 0.15) is 50.5 Å². The van der Waals surface area contributed by atoms with Gasteiger partial charge in [-0.2, -0.15) is 0 Å². The zero-order chi connectivity index (χ0) is 22.3. The van der Waals surface area contributed by atoms with Gasteiger partial charge >= 0.3 is 5.97 Å². The maximum atomic E-state index is 12.4. The SMILES string of the molecule is CC(=O)Oc1cccc(C(=O)Nc2ccc(CNC(=O)/C=C(\C)C(C)(C)C)cc2)c1. The Balaban J connectivity index is 1.94. The van der Waals surface area contributed by atoms with Crippen molar-refractivity contribution in [1.82, 2.24) is 5.32 Å². The fourth-order valence-corrected chi connectivity index (χ4v) is 2.43. The third-order valence-corrected chi connectivity index (χ3v) is 4.57. The molecule has 0 saturated carbocycles. The number of carbonyl (C=O) groups is 3. The Kier molecular flexibility index (Phi) is 7.53. The van der Waals surface area contributed by atoms with Gasteiger partial charge in [-0.15, -0.1) is 0 Å². The molecule has 158 valence electrons. The fourth-order valence-electron chi connectivity index (χ4n) is 2.43. The van der Waals surface area contributed by atoms with E-state index in [4.69, 9.17) is 4.74 Å². The molecule has 0 radical (unpaired) electrons. The highest BCUT2D eigenvalue weighted by molar-refractivity contribution is 6.04. The molecule has 0 aliphatic heterocycles. The van der Waals surface area contributed by atoms with Gasteiger partial charge in [0.15, 0.2) is 0 Å². The van der Waals surface area contributed by atoms with Gasteiger partial charge in [0.05, 0.1) is 0 Å². The molecule has 2 rings (SSSR count). The van der Waals surface area contributed by atoms with Crippen LogP contribution in [0.5, 0.6) is 5.75 Å². The Morgan fingerprint density at radius 3 is 2.27 bits per heavy atom. The van der Waals surface area contributed by atoms with Gasteiger partial charge in [0.1, 0.15) is 5.75 Å². The number of rotatable bonds is 6. The van der Waals surface area contributed by atoms with Crippen LogP contribution in [-0.4, -0.2) is 17.8 Å². The standard InChI is InChI=1S/C24H28N2O4/c1-16(24(3,4)5)13-22(28)25-15-18-9-11-20(12-10-18)26-23(29)19-7-6-8-21(14-19)30-17(2)27/h6-14H,15H2,1-5H3,(H,25,28)(H,26,29)/b16-13+. The van der Waals surface area contributed by atoms with Crippen LogP contribution in [0.2, 0.25) is 0 Å². The van der Waals surface area contributed by atoms with Crippen LogP contribution in [0.3, 0.4) is 0 Å². The Morgan fingerprint density at radius 1 is 1.00 bits per heavy atom. The quantitative estimate of drug-likeness (QED) is 0.419. The molecule has 0 fully saturated rings. The number of benzene rings is 2. The summed E-state index contributed by atoms with van der Waals surface area (Å²) in [5.41, 5.74) is 2.88. The monoisotopic (exact) mass is 408 g/mol. The molecule has 0 saturated heterocycles. The summed E-state index contributed by atoms with van der Waals surface area (Å²) in [6.07, 6.45) is 1.62. The van der Waals surface area contributed by atoms with Gasteiger partial charge in [-0.1, -0.05) is 44.5 Å². The molecule has 0 bridgehead atoms. The second-order valence-corrected chi connectivity index (χ2v) is 8.07. The van der Waals surface area contributed by atoms with Gasteiger partial charge < -0.3 is 15.4 Å². The van der Waals surface area contributed by atoms with Crippen LogP contribution < -0.4 is 15.4 Å². The van der Waals surface area contributed by atoms with Gasteiger partial charge in [-0.05, 0) is 48.2 Å². The van der Waals surface area contributed by atoms with E-state index in [1.165, 1.54) is 13.0 Å². The molecule has 30 heavy (non-hydrogen) atoms. The number of allylic oxidation sites excluding steroid dienone is 1. The second kappa shape index (κ2) is 9.87. The molecular weight excluding hydrogens is 380 g/mol. The van der Waals surface area contributed by atoms with Crippen molar-refractivity contribution in [2.45, 2.75) is 41.2 Å². The molecule has 0 unspecified atom stereocenters. The Hall–Kier alpha value is -3.41. The van der Waals surface area contributed by atoms with Gasteiger partial charge in [0.25, 0.3) is 5.91 Å². The van der Waals surface area contributed by atoms with Crippen LogP contribution in [0.25, 0.3) is 0 Å². The number of anilines is 1. The van der Waals surface area contributed by atoms with E-state index in [1.54, 1.807) is 36.4 Å². The average molecular weight is 408 g/mol. The first-order valence-electron chi connectivity index (χ1n) is 9.70. The molecule has 6 heteroatoms. The first kappa shape index (κ1) is 22.9. The molecule has 0 atom stereocenters. The molecule has 0 aliphatic carbocycles. The van der Waals surface area contributed by atoms with Crippen molar-refractivity contribution in [2.75, 3.05) is 5.32 Å². The summed E-state index contributed by atoms with van der Waals surface area (Å²) in [5, 5.41) is 5.66. The molecule has 0 heterocycles. The van der Waals surface area contributed by atoms with Crippen molar-refractivity contribution in [3.8, 4) is 5.75 Å². The summed E-state index contributed by atoms with van der Waals surface area (Å²) in [5.74, 6) is -0.573. The number of esters is 1. The van der Waals surface area contributed by atoms with Gasteiger partial charge in [0.2, 0.25) is 5.91 Å². The van der Waals surface area contributed by atoms with Crippen LogP contribution in [0, 0.1) is 5.41 Å². The Bertz CT molecular complexity index is 954. The van der Waals surface area contributed by atoms with E-state index in [0.29, 0.717) is 23.5 Å². The van der Waals surface area contributed by atoms with Gasteiger partial charge in [-0.25, -0.2) is 0 Å². The highest BCUT2D eigenvalue weighted by Crippen LogP contribution is 2.24. The lowest BCUT2D eigenvalue weighted by Gasteiger charge is -2.19. The van der Waals surface area contributed by atoms with Gasteiger partial charge in [-0.3, -0.25) is 14.4 Å². The van der Waals surface area contributed by atoms with Crippen molar-refractivity contribution in [2.24, 2.45) is 5.41 Å². The fraction of sp³-hybridized carbons (Fsp3) is 0.292. The highest BCUT2D eigenvalue weighted by Gasteiger charge is 2.13. The van der Waals surface area contributed by atoms with E-state index in [9.17, 15) is 14.4 Å². The lowest BCUT2D eigenvalue weighted by Crippen LogP contribution is -2.22. The number of amides is 2. The summed E-state index contributed by atoms with van der Waals surface area (Å²) in [6, 6.07) is 13.6. The molecule has 2 aromatic rings. The summed E-state index contributed by atoms with van der Waals surface area (Å²) < 4.78 is 5.00. The van der Waals surface area contributed by atoms with E-state index >= 15 is 0 Å². The molecular formula is C24H28N2O4. The number of hydrogen-bond donors (Lipinski definition) is 2. The Morgan fingerprint density at radius 2 is 1.67 bits per heavy atom. The van der Waals surface area contributed by atoms with E-state index in [-0.39, 0.29) is 17.2 Å². The molecule has 0 aliphatic rings. The molecule has 0 spiro atoms. The summed E-state index contributed by atoms with van der Waals surface area (Å²) >= 11 is 0. The van der Waals surface area contributed by atoms with Crippen molar-refractivity contribution >= 4 is 23.5 Å². The number of ether oxygens (including phenoxy) is 1. The Labute approximate surface area is 177 Å². The maximum Gasteiger partial charge on any atom is 0.308 e. The van der Waals surface area contributed by atoms with Crippen molar-refractivity contribution < 1.29 is 19.1 Å². The number of carbonyl (C=O) groups excluding carboxylic acids is 3. The van der Waals surface area contributed by atoms with Crippen molar-refractivity contribution in [3.05, 3.63) is 71.3 Å². The summed E-state index contributed by atoms with van der Waals surface area (Å²) in [7, 11) is 0. The van der Waals surface area contributed by atoms with E-state index in [2.05, 4.69) is 31.4 Å². The molecule has 2 amide bonds. The summed E-state index contributed by atoms with van der Waals surface area (Å²) in [4.78, 5) is 35.5. The van der Waals surface area contributed by atoms with E-state index < -0.39 is 5.97 Å². The molecule has 2 aromatic carbocycles. The second-order valence-electron chi connectivity index (χ2n) is 8.07. The molecule has 2 N–H and O–H groups in total. The lowest BCUT2D eigenvalue weighted by molar-refractivity contribution is -0.131. The van der Waals surface area contributed by atoms with Crippen LogP contribution in [0.15, 0.2) is 60.2 Å². The summed E-state index contributed by atoms with van der Waals surface area (Å²) in [6.45, 7) is 9.83. The van der Waals surface area contributed by atoms with Crippen LogP contribution in [0.4, 0.5) is 5.69 Å². The zero-order valence-corrected chi connectivity index (χ0v) is 18.0. The predicted octanol–water partition coefficient (Wildman–Crippen LogP) is 4.47. The largest absolute Gasteiger partial charge is 0.427 e. The van der Waals surface area contributed by atoms with Crippen molar-refractivity contribution in [1.29, 1.82) is 0 Å². The first-order valence-corrected chi connectivity index (χ1v) is 9.70. The molecule has 0 aromatic heterocycles. The highest BCUT2D eigenvalue weighted by atomic mass is 16.5. The maximum absolute atomic E-state index is 12.4. The zero-order valence-electron chi connectivity index (χ0n) is 18.0. The van der Waals surface area contributed by atoms with Crippen LogP contribution in [-0.2, 0) is 16.1 Å². The number of hydrogen-bond acceptors (Lipinski definition) is 4. The number of nitrogens with one attached hydrogen (secondary N) is 2. The van der Waals surface area contributed by atoms with Gasteiger partial charge in [0, 0.05) is 30.8 Å². The topological polar surface area (TPSA) is 84.5 Å². The minimum atomic E-state index is -0.445. The van der Waals surface area contributed by atoms with E-state index in [0.717, 1.165) is 11.1 Å². The minimum Gasteiger partial charge on any atom is -0.427 e. The van der Waals surface area contributed by atoms with E-state index in [1.807, 2.05) is 19.1 Å². The average Bonchev–Trinajstić information content (AvgIpc) is 2.66.